The molecule has 0 unspecified atom stereocenters. The van der Waals surface area contributed by atoms with Gasteiger partial charge >= 0.3 is 5.97 Å². The molecule has 0 bridgehead atoms. The van der Waals surface area contributed by atoms with Crippen molar-refractivity contribution in [2.75, 3.05) is 5.48 Å². The summed E-state index contributed by atoms with van der Waals surface area (Å²) in [7, 11) is 0. The van der Waals surface area contributed by atoms with Crippen LogP contribution in [0.4, 0.5) is 5.69 Å². The second-order valence-electron chi connectivity index (χ2n) is 4.43. The smallest absolute Gasteiger partial charge is 0.339 e. The first kappa shape index (κ1) is 14.1. The summed E-state index contributed by atoms with van der Waals surface area (Å²) in [5.74, 6) is -0.541. The highest BCUT2D eigenvalue weighted by Gasteiger charge is 2.05. The summed E-state index contributed by atoms with van der Waals surface area (Å²) in [6, 6.07) is 12.5. The number of H-pyrrole nitrogens is 1. The summed E-state index contributed by atoms with van der Waals surface area (Å²) in [4.78, 5) is 16.7. The number of halogens is 1. The average Bonchev–Trinajstić information content (AvgIpc) is 3.00. The number of carbonyl (C=O) groups is 1. The van der Waals surface area contributed by atoms with Crippen LogP contribution < -0.4 is 5.48 Å². The van der Waals surface area contributed by atoms with Crippen molar-refractivity contribution in [3.8, 4) is 0 Å². The van der Waals surface area contributed by atoms with Gasteiger partial charge in [-0.15, -0.1) is 5.10 Å². The van der Waals surface area contributed by atoms with Crippen molar-refractivity contribution in [2.45, 2.75) is 0 Å². The lowest BCUT2D eigenvalue weighted by atomic mass is 10.2. The van der Waals surface area contributed by atoms with Crippen LogP contribution in [0.25, 0.3) is 17.1 Å². The van der Waals surface area contributed by atoms with Crippen molar-refractivity contribution in [1.82, 2.24) is 15.4 Å². The summed E-state index contributed by atoms with van der Waals surface area (Å²) in [6.07, 6.45) is 2.92. The highest BCUT2D eigenvalue weighted by Crippen LogP contribution is 2.18. The molecule has 0 fully saturated rings. The number of aromatic amines is 1. The summed E-state index contributed by atoms with van der Waals surface area (Å²) in [6.45, 7) is 0. The Labute approximate surface area is 130 Å². The Hall–Kier alpha value is -2.86. The minimum absolute atomic E-state index is 0.541. The molecule has 0 saturated carbocycles. The van der Waals surface area contributed by atoms with Crippen molar-refractivity contribution in [3.63, 3.8) is 0 Å². The molecular formula is C15H11ClN4O2. The van der Waals surface area contributed by atoms with Crippen LogP contribution in [0.5, 0.6) is 0 Å². The van der Waals surface area contributed by atoms with Gasteiger partial charge in [0.05, 0.1) is 5.52 Å². The fraction of sp³-hybridized carbons (Fsp3) is 0. The van der Waals surface area contributed by atoms with Gasteiger partial charge in [0, 0.05) is 11.1 Å². The van der Waals surface area contributed by atoms with E-state index in [1.54, 1.807) is 36.4 Å². The van der Waals surface area contributed by atoms with Crippen LogP contribution in [0.1, 0.15) is 5.56 Å². The van der Waals surface area contributed by atoms with E-state index >= 15 is 0 Å². The van der Waals surface area contributed by atoms with Crippen LogP contribution in [0, 0.1) is 0 Å². The zero-order valence-corrected chi connectivity index (χ0v) is 12.0. The van der Waals surface area contributed by atoms with Gasteiger partial charge in [0.1, 0.15) is 11.2 Å². The highest BCUT2D eigenvalue weighted by molar-refractivity contribution is 6.30. The van der Waals surface area contributed by atoms with E-state index in [1.807, 2.05) is 12.1 Å². The number of nitrogens with one attached hydrogen (secondary N) is 2. The fourth-order valence-corrected chi connectivity index (χ4v) is 2.07. The molecule has 0 aliphatic rings. The summed E-state index contributed by atoms with van der Waals surface area (Å²) >= 11 is 5.87. The molecule has 3 rings (SSSR count). The average molecular weight is 315 g/mol. The number of aromatic nitrogens is 3. The van der Waals surface area contributed by atoms with Crippen molar-refractivity contribution in [1.29, 1.82) is 0 Å². The molecule has 6 nitrogen and oxygen atoms in total. The van der Waals surface area contributed by atoms with Gasteiger partial charge in [-0.05, 0) is 35.9 Å². The second-order valence-corrected chi connectivity index (χ2v) is 4.86. The van der Waals surface area contributed by atoms with Crippen LogP contribution in [-0.4, -0.2) is 21.4 Å². The third-order valence-electron chi connectivity index (χ3n) is 2.88. The minimum atomic E-state index is -0.541. The number of fused-ring (bicyclic) bond motifs is 1. The number of anilines is 1. The Morgan fingerprint density at radius 2 is 2.14 bits per heavy atom. The first-order valence-corrected chi connectivity index (χ1v) is 6.80. The molecule has 22 heavy (non-hydrogen) atoms. The van der Waals surface area contributed by atoms with Crippen molar-refractivity contribution >= 4 is 40.4 Å². The molecule has 0 radical (unpaired) electrons. The largest absolute Gasteiger partial charge is 0.355 e. The predicted molar refractivity (Wildman–Crippen MR) is 84.1 cm³/mol. The SMILES string of the molecule is O=C(C=Cc1cccc(Cl)c1)ONc1cccc2[nH]nnc12. The van der Waals surface area contributed by atoms with Gasteiger partial charge in [0.15, 0.2) is 0 Å². The van der Waals surface area contributed by atoms with Crippen molar-refractivity contribution in [3.05, 3.63) is 59.1 Å². The Morgan fingerprint density at radius 3 is 3.00 bits per heavy atom. The monoisotopic (exact) mass is 314 g/mol. The maximum absolute atomic E-state index is 11.7. The number of nitrogens with zero attached hydrogens (tertiary/aromatic N) is 2. The lowest BCUT2D eigenvalue weighted by Crippen LogP contribution is -2.07. The maximum atomic E-state index is 11.7. The van der Waals surface area contributed by atoms with Crippen LogP contribution in [0.3, 0.4) is 0 Å². The van der Waals surface area contributed by atoms with E-state index in [9.17, 15) is 4.79 Å². The van der Waals surface area contributed by atoms with Gasteiger partial charge in [-0.25, -0.2) is 10.3 Å². The standard InChI is InChI=1S/C15H11ClN4O2/c16-11-4-1-3-10(9-11)7-8-14(21)22-19-13-6-2-5-12-15(13)18-20-17-12/h1-9,19H,(H,17,18,20). The molecular weight excluding hydrogens is 304 g/mol. The maximum Gasteiger partial charge on any atom is 0.355 e. The van der Waals surface area contributed by atoms with Crippen LogP contribution in [0.15, 0.2) is 48.5 Å². The number of hydrogen-bond donors (Lipinski definition) is 2. The lowest BCUT2D eigenvalue weighted by Gasteiger charge is -2.04. The lowest BCUT2D eigenvalue weighted by molar-refractivity contribution is -0.134. The summed E-state index contributed by atoms with van der Waals surface area (Å²) in [5, 5.41) is 10.9. The van der Waals surface area contributed by atoms with E-state index in [1.165, 1.54) is 6.08 Å². The number of hydrogen-bond acceptors (Lipinski definition) is 5. The second kappa shape index (κ2) is 6.28. The topological polar surface area (TPSA) is 79.9 Å². The Balaban J connectivity index is 1.64. The minimum Gasteiger partial charge on any atom is -0.339 e. The van der Waals surface area contributed by atoms with E-state index in [0.29, 0.717) is 16.2 Å². The van der Waals surface area contributed by atoms with Gasteiger partial charge in [-0.2, -0.15) is 0 Å². The van der Waals surface area contributed by atoms with Gasteiger partial charge in [0.25, 0.3) is 0 Å². The molecule has 2 N–H and O–H groups in total. The van der Waals surface area contributed by atoms with E-state index in [4.69, 9.17) is 16.4 Å². The Kier molecular flexibility index (Phi) is 4.02. The van der Waals surface area contributed by atoms with Crippen molar-refractivity contribution < 1.29 is 9.63 Å². The molecule has 0 aliphatic carbocycles. The molecule has 0 amide bonds. The number of rotatable bonds is 4. The summed E-state index contributed by atoms with van der Waals surface area (Å²) < 4.78 is 0. The van der Waals surface area contributed by atoms with Gasteiger partial charge < -0.3 is 4.84 Å². The van der Waals surface area contributed by atoms with E-state index in [0.717, 1.165) is 11.1 Å². The molecule has 0 atom stereocenters. The first-order chi connectivity index (χ1) is 10.7. The zero-order valence-electron chi connectivity index (χ0n) is 11.3. The molecule has 1 heterocycles. The van der Waals surface area contributed by atoms with Crippen molar-refractivity contribution in [2.24, 2.45) is 0 Å². The Morgan fingerprint density at radius 1 is 1.27 bits per heavy atom. The molecule has 1 aromatic heterocycles. The molecule has 110 valence electrons. The molecule has 0 aliphatic heterocycles. The fourth-order valence-electron chi connectivity index (χ4n) is 1.87. The Bertz CT molecular complexity index is 844. The molecule has 7 heteroatoms. The predicted octanol–water partition coefficient (Wildman–Crippen LogP) is 3.19. The first-order valence-electron chi connectivity index (χ1n) is 6.42. The van der Waals surface area contributed by atoms with Crippen LogP contribution >= 0.6 is 11.6 Å². The van der Waals surface area contributed by atoms with Crippen LogP contribution in [0.2, 0.25) is 5.02 Å². The molecule has 0 spiro atoms. The van der Waals surface area contributed by atoms with E-state index in [2.05, 4.69) is 20.9 Å². The zero-order chi connectivity index (χ0) is 15.4. The van der Waals surface area contributed by atoms with Gasteiger partial charge in [-0.1, -0.05) is 35.0 Å². The van der Waals surface area contributed by atoms with E-state index < -0.39 is 5.97 Å². The summed E-state index contributed by atoms with van der Waals surface area (Å²) in [5.41, 5.74) is 5.27. The molecule has 2 aromatic carbocycles. The third kappa shape index (κ3) is 3.24. The normalized spacial score (nSPS) is 11.0. The molecule has 0 saturated heterocycles. The quantitative estimate of drug-likeness (QED) is 0.571. The van der Waals surface area contributed by atoms with E-state index in [-0.39, 0.29) is 0 Å². The number of carbonyl (C=O) groups excluding carboxylic acids is 1. The van der Waals surface area contributed by atoms with Gasteiger partial charge in [0.2, 0.25) is 0 Å². The highest BCUT2D eigenvalue weighted by atomic mass is 35.5. The molecule has 3 aromatic rings. The number of benzene rings is 2. The van der Waals surface area contributed by atoms with Gasteiger partial charge in [-0.3, -0.25) is 5.10 Å². The van der Waals surface area contributed by atoms with Crippen LogP contribution in [-0.2, 0) is 9.63 Å². The third-order valence-corrected chi connectivity index (χ3v) is 3.11.